The number of hydrogen-bond donors (Lipinski definition) is 0. The van der Waals surface area contributed by atoms with E-state index in [9.17, 15) is 4.79 Å². The quantitative estimate of drug-likeness (QED) is 0.372. The summed E-state index contributed by atoms with van der Waals surface area (Å²) in [6.07, 6.45) is 2.18. The fraction of sp³-hybridized carbons (Fsp3) is 0.0870. The van der Waals surface area contributed by atoms with Crippen LogP contribution >= 0.6 is 0 Å². The second kappa shape index (κ2) is 8.39. The zero-order valence-corrected chi connectivity index (χ0v) is 15.9. The first-order chi connectivity index (χ1) is 14.2. The Labute approximate surface area is 168 Å². The van der Waals surface area contributed by atoms with Gasteiger partial charge in [0.2, 0.25) is 0 Å². The molecule has 6 heteroatoms. The number of aromatic nitrogens is 4. The van der Waals surface area contributed by atoms with Crippen LogP contribution in [0, 0.1) is 6.92 Å². The van der Waals surface area contributed by atoms with Crippen molar-refractivity contribution in [2.24, 2.45) is 4.99 Å². The van der Waals surface area contributed by atoms with Crippen LogP contribution in [-0.4, -0.2) is 32.2 Å². The topological polar surface area (TPSA) is 73.0 Å². The van der Waals surface area contributed by atoms with Crippen molar-refractivity contribution in [3.63, 3.8) is 0 Å². The molecule has 142 valence electrons. The molecule has 4 aromatic rings. The highest BCUT2D eigenvalue weighted by molar-refractivity contribution is 6.12. The molecule has 1 heterocycles. The van der Waals surface area contributed by atoms with Gasteiger partial charge in [-0.05, 0) is 47.2 Å². The molecule has 29 heavy (non-hydrogen) atoms. The highest BCUT2D eigenvalue weighted by Gasteiger charge is 2.13. The minimum absolute atomic E-state index is 0.0492. The van der Waals surface area contributed by atoms with E-state index in [1.807, 2.05) is 85.8 Å². The van der Waals surface area contributed by atoms with E-state index in [2.05, 4.69) is 20.5 Å². The molecule has 0 aliphatic rings. The number of para-hydroxylation sites is 1. The Morgan fingerprint density at radius 1 is 1.00 bits per heavy atom. The lowest BCUT2D eigenvalue weighted by Gasteiger charge is -2.06. The third-order valence-electron chi connectivity index (χ3n) is 4.47. The van der Waals surface area contributed by atoms with Crippen LogP contribution in [0.25, 0.3) is 5.69 Å². The molecule has 1 aromatic heterocycles. The van der Waals surface area contributed by atoms with Gasteiger partial charge >= 0.3 is 0 Å². The van der Waals surface area contributed by atoms with Crippen LogP contribution in [0.4, 0.5) is 5.69 Å². The minimum Gasteiger partial charge on any atom is -0.289 e. The van der Waals surface area contributed by atoms with Gasteiger partial charge in [-0.1, -0.05) is 54.6 Å². The van der Waals surface area contributed by atoms with Gasteiger partial charge in [0.15, 0.2) is 11.6 Å². The van der Waals surface area contributed by atoms with Crippen molar-refractivity contribution in [1.29, 1.82) is 0 Å². The van der Waals surface area contributed by atoms with Crippen molar-refractivity contribution in [2.75, 3.05) is 0 Å². The van der Waals surface area contributed by atoms with E-state index in [0.29, 0.717) is 29.1 Å². The van der Waals surface area contributed by atoms with E-state index in [0.717, 1.165) is 11.3 Å². The van der Waals surface area contributed by atoms with Crippen molar-refractivity contribution in [2.45, 2.75) is 13.3 Å². The Hall–Kier alpha value is -3.93. The number of carbonyl (C=O) groups is 1. The van der Waals surface area contributed by atoms with Gasteiger partial charge in [0.25, 0.3) is 0 Å². The molecule has 0 spiro atoms. The van der Waals surface area contributed by atoms with Crippen LogP contribution in [0.15, 0.2) is 83.9 Å². The predicted octanol–water partition coefficient (Wildman–Crippen LogP) is 4.15. The Balaban J connectivity index is 1.59. The maximum absolute atomic E-state index is 12.9. The third-order valence-corrected chi connectivity index (χ3v) is 4.47. The van der Waals surface area contributed by atoms with E-state index in [1.54, 1.807) is 10.9 Å². The van der Waals surface area contributed by atoms with E-state index in [4.69, 9.17) is 0 Å². The average Bonchev–Trinajstić information content (AvgIpc) is 3.23. The molecule has 3 aromatic carbocycles. The minimum atomic E-state index is -0.0492. The lowest BCUT2D eigenvalue weighted by Crippen LogP contribution is -2.04. The second-order valence-electron chi connectivity index (χ2n) is 6.57. The maximum Gasteiger partial charge on any atom is 0.195 e. The van der Waals surface area contributed by atoms with Crippen LogP contribution in [0.5, 0.6) is 0 Å². The third kappa shape index (κ3) is 4.16. The standard InChI is InChI=1S/C23H19N5O/c1-17-12-13-20(23(29)18-8-4-2-5-9-18)21(16-17)24-15-14-22-25-26-27-28(22)19-10-6-3-7-11-19/h2-13,15-16H,14H2,1H3. The molecule has 0 bridgehead atoms. The molecule has 0 N–H and O–H groups in total. The zero-order chi connectivity index (χ0) is 20.1. The number of ketones is 1. The van der Waals surface area contributed by atoms with Crippen LogP contribution in [0.1, 0.15) is 27.3 Å². The average molecular weight is 381 g/mol. The van der Waals surface area contributed by atoms with Crippen molar-refractivity contribution in [1.82, 2.24) is 20.2 Å². The number of carbonyl (C=O) groups excluding carboxylic acids is 1. The maximum atomic E-state index is 12.9. The van der Waals surface area contributed by atoms with Gasteiger partial charge in [-0.15, -0.1) is 5.10 Å². The summed E-state index contributed by atoms with van der Waals surface area (Å²) in [6, 6.07) is 24.6. The van der Waals surface area contributed by atoms with Crippen LogP contribution in [0.3, 0.4) is 0 Å². The van der Waals surface area contributed by atoms with Gasteiger partial charge < -0.3 is 0 Å². The monoisotopic (exact) mass is 381 g/mol. The predicted molar refractivity (Wildman–Crippen MR) is 112 cm³/mol. The SMILES string of the molecule is Cc1ccc(C(=O)c2ccccc2)c(N=CCc2nnnn2-c2ccccc2)c1. The number of benzene rings is 3. The largest absolute Gasteiger partial charge is 0.289 e. The molecule has 0 unspecified atom stereocenters. The molecular weight excluding hydrogens is 362 g/mol. The lowest BCUT2D eigenvalue weighted by atomic mass is 10.0. The summed E-state index contributed by atoms with van der Waals surface area (Å²) in [5.41, 5.74) is 3.77. The van der Waals surface area contributed by atoms with Crippen LogP contribution in [-0.2, 0) is 6.42 Å². The molecule has 0 aliphatic heterocycles. The van der Waals surface area contributed by atoms with E-state index >= 15 is 0 Å². The number of nitrogens with zero attached hydrogens (tertiary/aromatic N) is 5. The van der Waals surface area contributed by atoms with Gasteiger partial charge in [0.1, 0.15) is 0 Å². The van der Waals surface area contributed by atoms with Gasteiger partial charge in [-0.25, -0.2) is 0 Å². The Kier molecular flexibility index (Phi) is 5.33. The first-order valence-electron chi connectivity index (χ1n) is 9.28. The fourth-order valence-electron chi connectivity index (χ4n) is 3.01. The number of aryl methyl sites for hydroxylation is 1. The Bertz CT molecular complexity index is 1150. The Morgan fingerprint density at radius 3 is 2.48 bits per heavy atom. The zero-order valence-electron chi connectivity index (χ0n) is 15.9. The van der Waals surface area contributed by atoms with Gasteiger partial charge in [-0.2, -0.15) is 4.68 Å². The van der Waals surface area contributed by atoms with Crippen molar-refractivity contribution < 1.29 is 4.79 Å². The van der Waals surface area contributed by atoms with Crippen LogP contribution < -0.4 is 0 Å². The summed E-state index contributed by atoms with van der Waals surface area (Å²) >= 11 is 0. The molecule has 0 fully saturated rings. The first-order valence-corrected chi connectivity index (χ1v) is 9.28. The van der Waals surface area contributed by atoms with Gasteiger partial charge in [0.05, 0.1) is 11.4 Å². The molecular formula is C23H19N5O. The highest BCUT2D eigenvalue weighted by Crippen LogP contribution is 2.24. The van der Waals surface area contributed by atoms with Gasteiger partial charge in [-0.3, -0.25) is 9.79 Å². The molecule has 0 amide bonds. The molecule has 0 aliphatic carbocycles. The number of aliphatic imine (C=N–C) groups is 1. The van der Waals surface area contributed by atoms with Gasteiger partial charge in [0, 0.05) is 23.8 Å². The lowest BCUT2D eigenvalue weighted by molar-refractivity contribution is 0.103. The van der Waals surface area contributed by atoms with Crippen molar-refractivity contribution in [3.05, 3.63) is 101 Å². The second-order valence-corrected chi connectivity index (χ2v) is 6.57. The van der Waals surface area contributed by atoms with E-state index < -0.39 is 0 Å². The summed E-state index contributed by atoms with van der Waals surface area (Å²) in [4.78, 5) is 17.5. The molecule has 0 atom stereocenters. The number of rotatable bonds is 6. The normalized spacial score (nSPS) is 11.1. The smallest absolute Gasteiger partial charge is 0.195 e. The molecule has 0 radical (unpaired) electrons. The van der Waals surface area contributed by atoms with E-state index in [1.165, 1.54) is 0 Å². The summed E-state index contributed by atoms with van der Waals surface area (Å²) < 4.78 is 1.68. The fourth-order valence-corrected chi connectivity index (χ4v) is 3.01. The summed E-state index contributed by atoms with van der Waals surface area (Å²) in [6.45, 7) is 1.98. The summed E-state index contributed by atoms with van der Waals surface area (Å²) in [5, 5.41) is 11.9. The molecule has 0 saturated carbocycles. The molecule has 6 nitrogen and oxygen atoms in total. The molecule has 0 saturated heterocycles. The van der Waals surface area contributed by atoms with Crippen molar-refractivity contribution in [3.8, 4) is 5.69 Å². The van der Waals surface area contributed by atoms with Crippen LogP contribution in [0.2, 0.25) is 0 Å². The first kappa shape index (κ1) is 18.4. The van der Waals surface area contributed by atoms with Crippen molar-refractivity contribution >= 4 is 17.7 Å². The number of hydrogen-bond acceptors (Lipinski definition) is 5. The Morgan fingerprint density at radius 2 is 1.72 bits per heavy atom. The summed E-state index contributed by atoms with van der Waals surface area (Å²) in [5.74, 6) is 0.621. The summed E-state index contributed by atoms with van der Waals surface area (Å²) in [7, 11) is 0. The van der Waals surface area contributed by atoms with E-state index in [-0.39, 0.29) is 5.78 Å². The highest BCUT2D eigenvalue weighted by atomic mass is 16.1. The molecule has 4 rings (SSSR count). The number of tetrazole rings is 1.